The van der Waals surface area contributed by atoms with Gasteiger partial charge in [-0.05, 0) is 44.2 Å². The molecule has 0 atom stereocenters. The lowest BCUT2D eigenvalue weighted by atomic mass is 10.2. The summed E-state index contributed by atoms with van der Waals surface area (Å²) >= 11 is 6.03. The van der Waals surface area contributed by atoms with Crippen molar-refractivity contribution in [3.8, 4) is 0 Å². The van der Waals surface area contributed by atoms with Crippen LogP contribution in [0.2, 0.25) is 5.02 Å². The van der Waals surface area contributed by atoms with Gasteiger partial charge in [-0.15, -0.1) is 0 Å². The van der Waals surface area contributed by atoms with Crippen molar-refractivity contribution >= 4 is 40.5 Å². The summed E-state index contributed by atoms with van der Waals surface area (Å²) in [4.78, 5) is 31.4. The maximum Gasteiger partial charge on any atom is 0.271 e. The van der Waals surface area contributed by atoms with Crippen molar-refractivity contribution in [2.24, 2.45) is 0 Å². The number of hydrogen-bond donors (Lipinski definition) is 2. The molecule has 0 aliphatic rings. The first kappa shape index (κ1) is 19.2. The van der Waals surface area contributed by atoms with E-state index in [4.69, 9.17) is 11.6 Å². The Morgan fingerprint density at radius 3 is 2.43 bits per heavy atom. The van der Waals surface area contributed by atoms with Gasteiger partial charge in [-0.2, -0.15) is 0 Å². The van der Waals surface area contributed by atoms with E-state index in [9.17, 15) is 14.9 Å². The molecular weight excluding hydrogens is 382 g/mol. The third kappa shape index (κ3) is 4.60. The van der Waals surface area contributed by atoms with Crippen LogP contribution in [0, 0.1) is 24.0 Å². The molecule has 0 radical (unpaired) electrons. The van der Waals surface area contributed by atoms with Gasteiger partial charge in [0, 0.05) is 34.8 Å². The Hall–Kier alpha value is -3.52. The van der Waals surface area contributed by atoms with Gasteiger partial charge in [0.15, 0.2) is 0 Å². The Bertz CT molecular complexity index is 1050. The minimum atomic E-state index is -0.554. The summed E-state index contributed by atoms with van der Waals surface area (Å²) in [6.07, 6.45) is 0. The molecule has 28 heavy (non-hydrogen) atoms. The van der Waals surface area contributed by atoms with Crippen molar-refractivity contribution in [1.29, 1.82) is 0 Å². The van der Waals surface area contributed by atoms with Crippen LogP contribution in [-0.2, 0) is 0 Å². The fraction of sp³-hybridized carbons (Fsp3) is 0.105. The average Bonchev–Trinajstić information content (AvgIpc) is 2.62. The topological polar surface area (TPSA) is 110 Å². The molecule has 9 heteroatoms. The van der Waals surface area contributed by atoms with Crippen molar-refractivity contribution in [3.63, 3.8) is 0 Å². The van der Waals surface area contributed by atoms with Gasteiger partial charge in [0.25, 0.3) is 11.6 Å². The maximum absolute atomic E-state index is 12.5. The molecule has 0 unspecified atom stereocenters. The van der Waals surface area contributed by atoms with Crippen LogP contribution in [0.15, 0.2) is 48.5 Å². The van der Waals surface area contributed by atoms with E-state index in [1.165, 1.54) is 18.2 Å². The number of hydrogen-bond acceptors (Lipinski definition) is 6. The molecule has 1 amide bonds. The first-order valence-corrected chi connectivity index (χ1v) is 8.64. The van der Waals surface area contributed by atoms with E-state index in [-0.39, 0.29) is 16.4 Å². The third-order valence-electron chi connectivity index (χ3n) is 3.77. The fourth-order valence-corrected chi connectivity index (χ4v) is 2.78. The maximum atomic E-state index is 12.5. The first-order chi connectivity index (χ1) is 13.3. The van der Waals surface area contributed by atoms with Gasteiger partial charge in [0.2, 0.25) is 5.95 Å². The Labute approximate surface area is 165 Å². The van der Waals surface area contributed by atoms with E-state index in [1.54, 1.807) is 24.3 Å². The van der Waals surface area contributed by atoms with Crippen LogP contribution in [0.4, 0.5) is 23.0 Å². The molecule has 3 aromatic rings. The second-order valence-electron chi connectivity index (χ2n) is 6.06. The van der Waals surface area contributed by atoms with Gasteiger partial charge in [-0.25, -0.2) is 9.97 Å². The predicted octanol–water partition coefficient (Wildman–Crippen LogP) is 4.65. The van der Waals surface area contributed by atoms with Crippen molar-refractivity contribution in [2.45, 2.75) is 13.8 Å². The minimum absolute atomic E-state index is 0.0838. The molecule has 142 valence electrons. The normalized spacial score (nSPS) is 10.4. The van der Waals surface area contributed by atoms with E-state index in [0.29, 0.717) is 17.2 Å². The molecular formula is C19H16ClN5O3. The van der Waals surface area contributed by atoms with Crippen LogP contribution in [0.25, 0.3) is 0 Å². The largest absolute Gasteiger partial charge is 0.324 e. The zero-order valence-electron chi connectivity index (χ0n) is 15.1. The van der Waals surface area contributed by atoms with Gasteiger partial charge in [-0.1, -0.05) is 17.7 Å². The quantitative estimate of drug-likeness (QED) is 0.479. The standard InChI is InChI=1S/C19H16ClN5O3/c1-11-8-12(2)22-19(21-11)23-14-5-3-4-13(9-14)18(26)24-17-7-6-15(25(27)28)10-16(17)20/h3-10H,1-2H3,(H,24,26)(H,21,22,23). The third-order valence-corrected chi connectivity index (χ3v) is 4.09. The van der Waals surface area contributed by atoms with Crippen LogP contribution in [0.3, 0.4) is 0 Å². The molecule has 1 heterocycles. The number of nitrogens with one attached hydrogen (secondary N) is 2. The number of halogens is 1. The van der Waals surface area contributed by atoms with Crippen LogP contribution < -0.4 is 10.6 Å². The van der Waals surface area contributed by atoms with Crippen molar-refractivity contribution in [2.75, 3.05) is 10.6 Å². The Kier molecular flexibility index (Phi) is 5.51. The SMILES string of the molecule is Cc1cc(C)nc(Nc2cccc(C(=O)Nc3ccc([N+](=O)[O-])cc3Cl)c2)n1. The summed E-state index contributed by atoms with van der Waals surface area (Å²) in [5.74, 6) is 0.0363. The molecule has 0 saturated carbocycles. The molecule has 1 aromatic heterocycles. The molecule has 0 saturated heterocycles. The van der Waals surface area contributed by atoms with E-state index >= 15 is 0 Å². The second kappa shape index (κ2) is 8.01. The van der Waals surface area contributed by atoms with Crippen molar-refractivity contribution in [3.05, 3.63) is 80.6 Å². The second-order valence-corrected chi connectivity index (χ2v) is 6.46. The van der Waals surface area contributed by atoms with Gasteiger partial charge >= 0.3 is 0 Å². The lowest BCUT2D eigenvalue weighted by Gasteiger charge is -2.10. The highest BCUT2D eigenvalue weighted by molar-refractivity contribution is 6.34. The molecule has 8 nitrogen and oxygen atoms in total. The number of carbonyl (C=O) groups excluding carboxylic acids is 1. The summed E-state index contributed by atoms with van der Waals surface area (Å²) in [6, 6.07) is 12.5. The van der Waals surface area contributed by atoms with Gasteiger partial charge in [-0.3, -0.25) is 14.9 Å². The Balaban J connectivity index is 1.78. The Morgan fingerprint density at radius 2 is 1.79 bits per heavy atom. The van der Waals surface area contributed by atoms with Crippen molar-refractivity contribution in [1.82, 2.24) is 9.97 Å². The number of non-ortho nitro benzene ring substituents is 1. The molecule has 0 aliphatic heterocycles. The van der Waals surface area contributed by atoms with Crippen molar-refractivity contribution < 1.29 is 9.72 Å². The Morgan fingerprint density at radius 1 is 1.07 bits per heavy atom. The summed E-state index contributed by atoms with van der Waals surface area (Å²) in [5.41, 5.74) is 2.82. The highest BCUT2D eigenvalue weighted by atomic mass is 35.5. The number of amides is 1. The van der Waals surface area contributed by atoms with Crippen LogP contribution in [0.5, 0.6) is 0 Å². The summed E-state index contributed by atoms with van der Waals surface area (Å²) in [7, 11) is 0. The van der Waals surface area contributed by atoms with E-state index in [2.05, 4.69) is 20.6 Å². The number of aryl methyl sites for hydroxylation is 2. The molecule has 0 aliphatic carbocycles. The van der Waals surface area contributed by atoms with Gasteiger partial charge in [0.05, 0.1) is 15.6 Å². The highest BCUT2D eigenvalue weighted by Crippen LogP contribution is 2.27. The number of nitro groups is 1. The number of nitrogens with zero attached hydrogens (tertiary/aromatic N) is 3. The zero-order chi connectivity index (χ0) is 20.3. The van der Waals surface area contributed by atoms with Gasteiger partial charge < -0.3 is 10.6 Å². The lowest BCUT2D eigenvalue weighted by Crippen LogP contribution is -2.12. The number of benzene rings is 2. The van der Waals surface area contributed by atoms with Gasteiger partial charge in [0.1, 0.15) is 0 Å². The number of anilines is 3. The van der Waals surface area contributed by atoms with Crippen LogP contribution in [-0.4, -0.2) is 20.8 Å². The number of aromatic nitrogens is 2. The van der Waals surface area contributed by atoms with E-state index in [0.717, 1.165) is 11.4 Å². The smallest absolute Gasteiger partial charge is 0.271 e. The molecule has 2 aromatic carbocycles. The molecule has 3 rings (SSSR count). The molecule has 0 spiro atoms. The first-order valence-electron chi connectivity index (χ1n) is 8.26. The number of rotatable bonds is 5. The summed E-state index contributed by atoms with van der Waals surface area (Å²) in [5, 5.41) is 16.6. The predicted molar refractivity (Wildman–Crippen MR) is 107 cm³/mol. The van der Waals surface area contributed by atoms with Crippen LogP contribution >= 0.6 is 11.6 Å². The summed E-state index contributed by atoms with van der Waals surface area (Å²) in [6.45, 7) is 3.75. The van der Waals surface area contributed by atoms with E-state index in [1.807, 2.05) is 19.9 Å². The minimum Gasteiger partial charge on any atom is -0.324 e. The molecule has 2 N–H and O–H groups in total. The molecule has 0 fully saturated rings. The van der Waals surface area contributed by atoms with E-state index < -0.39 is 10.8 Å². The fourth-order valence-electron chi connectivity index (χ4n) is 2.56. The molecule has 0 bridgehead atoms. The lowest BCUT2D eigenvalue weighted by molar-refractivity contribution is -0.384. The zero-order valence-corrected chi connectivity index (χ0v) is 15.8. The number of carbonyl (C=O) groups is 1. The monoisotopic (exact) mass is 397 g/mol. The number of nitro benzene ring substituents is 1. The summed E-state index contributed by atoms with van der Waals surface area (Å²) < 4.78 is 0. The average molecular weight is 398 g/mol. The highest BCUT2D eigenvalue weighted by Gasteiger charge is 2.13. The van der Waals surface area contributed by atoms with Crippen LogP contribution in [0.1, 0.15) is 21.7 Å².